The Morgan fingerprint density at radius 3 is 2.79 bits per heavy atom. The number of H-pyrrole nitrogens is 1. The maximum Gasteiger partial charge on any atom is 0.150 e. The number of anilines is 1. The summed E-state index contributed by atoms with van der Waals surface area (Å²) in [5.74, 6) is 1.63. The van der Waals surface area contributed by atoms with E-state index in [0.29, 0.717) is 5.92 Å². The first-order valence-corrected chi connectivity index (χ1v) is 8.79. The molecule has 0 amide bonds. The third kappa shape index (κ3) is 3.06. The minimum absolute atomic E-state index is 0.185. The van der Waals surface area contributed by atoms with Crippen molar-refractivity contribution < 1.29 is 4.74 Å². The molecule has 24 heavy (non-hydrogen) atoms. The zero-order valence-corrected chi connectivity index (χ0v) is 14.5. The number of aryl methyl sites for hydroxylation is 2. The molecule has 0 aromatic carbocycles. The first kappa shape index (κ1) is 15.7. The molecule has 2 aromatic rings. The lowest BCUT2D eigenvalue weighted by molar-refractivity contribution is 0.0711. The van der Waals surface area contributed by atoms with E-state index in [1.807, 2.05) is 24.9 Å². The van der Waals surface area contributed by atoms with E-state index >= 15 is 0 Å². The minimum Gasteiger partial charge on any atom is -0.372 e. The van der Waals surface area contributed by atoms with Crippen LogP contribution in [0, 0.1) is 12.8 Å². The molecule has 0 aliphatic carbocycles. The van der Waals surface area contributed by atoms with Gasteiger partial charge in [0.15, 0.2) is 5.82 Å². The third-order valence-electron chi connectivity index (χ3n) is 5.25. The maximum absolute atomic E-state index is 6.01. The maximum atomic E-state index is 6.01. The van der Waals surface area contributed by atoms with Gasteiger partial charge in [-0.3, -0.25) is 14.7 Å². The Kier molecular flexibility index (Phi) is 4.28. The van der Waals surface area contributed by atoms with E-state index in [0.717, 1.165) is 57.3 Å². The van der Waals surface area contributed by atoms with Crippen molar-refractivity contribution in [3.05, 3.63) is 29.7 Å². The van der Waals surface area contributed by atoms with Crippen LogP contribution in [-0.2, 0) is 11.8 Å². The molecule has 0 radical (unpaired) electrons. The predicted octanol–water partition coefficient (Wildman–Crippen LogP) is 1.35. The molecular weight excluding hydrogens is 304 g/mol. The van der Waals surface area contributed by atoms with Gasteiger partial charge in [-0.25, -0.2) is 0 Å². The third-order valence-corrected chi connectivity index (χ3v) is 5.25. The van der Waals surface area contributed by atoms with Crippen LogP contribution in [0.5, 0.6) is 0 Å². The molecular formula is C17H26N6O. The summed E-state index contributed by atoms with van der Waals surface area (Å²) in [6, 6.07) is 4.21. The van der Waals surface area contributed by atoms with Crippen molar-refractivity contribution >= 4 is 5.82 Å². The zero-order valence-electron chi connectivity index (χ0n) is 14.5. The highest BCUT2D eigenvalue weighted by molar-refractivity contribution is 5.39. The van der Waals surface area contributed by atoms with Crippen LogP contribution in [0.2, 0.25) is 0 Å². The Balaban J connectivity index is 1.34. The van der Waals surface area contributed by atoms with Crippen molar-refractivity contribution in [2.45, 2.75) is 19.4 Å². The minimum atomic E-state index is 0.185. The second kappa shape index (κ2) is 6.57. The Morgan fingerprint density at radius 2 is 2.12 bits per heavy atom. The van der Waals surface area contributed by atoms with E-state index in [2.05, 4.69) is 37.2 Å². The highest BCUT2D eigenvalue weighted by atomic mass is 16.5. The number of ether oxygens (including phenoxy) is 1. The van der Waals surface area contributed by atoms with Gasteiger partial charge in [0.25, 0.3) is 0 Å². The lowest BCUT2D eigenvalue weighted by Gasteiger charge is -2.36. The van der Waals surface area contributed by atoms with Gasteiger partial charge < -0.3 is 9.64 Å². The molecule has 0 spiro atoms. The molecule has 2 aliphatic heterocycles. The van der Waals surface area contributed by atoms with E-state index < -0.39 is 0 Å². The Labute approximate surface area is 142 Å². The molecule has 7 nitrogen and oxygen atoms in total. The molecule has 2 saturated heterocycles. The standard InChI is InChI=1S/C17H26N6O/c1-13-11-16(20-19-13)23-8-6-22(7-9-23)12-14-4-10-24-17(14)15-3-5-18-21(15)2/h3,5,11,14,17H,4,6-10,12H2,1-2H3,(H,19,20)/t14-,17+/m0/s1. The normalized spacial score (nSPS) is 25.5. The van der Waals surface area contributed by atoms with Gasteiger partial charge in [-0.2, -0.15) is 10.2 Å². The second-order valence-electron chi connectivity index (χ2n) is 6.92. The lowest BCUT2D eigenvalue weighted by Crippen LogP contribution is -2.48. The number of hydrogen-bond acceptors (Lipinski definition) is 5. The zero-order chi connectivity index (χ0) is 16.5. The number of aromatic amines is 1. The van der Waals surface area contributed by atoms with Gasteiger partial charge in [-0.1, -0.05) is 0 Å². The van der Waals surface area contributed by atoms with Gasteiger partial charge in [0.2, 0.25) is 0 Å². The predicted molar refractivity (Wildman–Crippen MR) is 92.0 cm³/mol. The fourth-order valence-corrected chi connectivity index (χ4v) is 3.87. The molecule has 0 saturated carbocycles. The van der Waals surface area contributed by atoms with Crippen molar-refractivity contribution in [2.75, 3.05) is 44.2 Å². The number of hydrogen-bond donors (Lipinski definition) is 1. The summed E-state index contributed by atoms with van der Waals surface area (Å²) in [5, 5.41) is 11.7. The van der Waals surface area contributed by atoms with Crippen molar-refractivity contribution in [1.29, 1.82) is 0 Å². The molecule has 7 heteroatoms. The Bertz CT molecular complexity index is 672. The van der Waals surface area contributed by atoms with Crippen LogP contribution in [0.4, 0.5) is 5.82 Å². The largest absolute Gasteiger partial charge is 0.372 e. The topological polar surface area (TPSA) is 62.2 Å². The van der Waals surface area contributed by atoms with E-state index in [1.54, 1.807) is 0 Å². The Morgan fingerprint density at radius 1 is 1.29 bits per heavy atom. The van der Waals surface area contributed by atoms with Crippen molar-refractivity contribution in [3.63, 3.8) is 0 Å². The van der Waals surface area contributed by atoms with Crippen LogP contribution >= 0.6 is 0 Å². The summed E-state index contributed by atoms with van der Waals surface area (Å²) < 4.78 is 7.96. The van der Waals surface area contributed by atoms with Gasteiger partial charge >= 0.3 is 0 Å². The number of aromatic nitrogens is 4. The van der Waals surface area contributed by atoms with Crippen LogP contribution in [0.15, 0.2) is 18.3 Å². The molecule has 4 rings (SSSR count). The molecule has 2 atom stereocenters. The van der Waals surface area contributed by atoms with Crippen LogP contribution in [0.1, 0.15) is 23.9 Å². The van der Waals surface area contributed by atoms with Crippen LogP contribution in [0.25, 0.3) is 0 Å². The smallest absolute Gasteiger partial charge is 0.150 e. The first-order valence-electron chi connectivity index (χ1n) is 8.79. The summed E-state index contributed by atoms with van der Waals surface area (Å²) in [7, 11) is 2.00. The van der Waals surface area contributed by atoms with E-state index in [-0.39, 0.29) is 6.10 Å². The van der Waals surface area contributed by atoms with Crippen LogP contribution < -0.4 is 4.90 Å². The van der Waals surface area contributed by atoms with E-state index in [4.69, 9.17) is 4.74 Å². The number of rotatable bonds is 4. The highest BCUT2D eigenvalue weighted by Crippen LogP contribution is 2.34. The van der Waals surface area contributed by atoms with Crippen molar-refractivity contribution in [1.82, 2.24) is 24.9 Å². The van der Waals surface area contributed by atoms with E-state index in [1.165, 1.54) is 5.69 Å². The summed E-state index contributed by atoms with van der Waals surface area (Å²) in [6.07, 6.45) is 3.18. The molecule has 2 aliphatic rings. The average molecular weight is 330 g/mol. The van der Waals surface area contributed by atoms with Gasteiger partial charge in [0.05, 0.1) is 5.69 Å². The first-order chi connectivity index (χ1) is 11.7. The molecule has 0 unspecified atom stereocenters. The van der Waals surface area contributed by atoms with Gasteiger partial charge in [-0.05, 0) is 19.4 Å². The highest BCUT2D eigenvalue weighted by Gasteiger charge is 2.33. The number of nitrogens with zero attached hydrogens (tertiary/aromatic N) is 5. The molecule has 1 N–H and O–H groups in total. The van der Waals surface area contributed by atoms with Gasteiger partial charge in [0.1, 0.15) is 6.10 Å². The average Bonchev–Trinajstić information content (AvgIpc) is 3.30. The fourth-order valence-electron chi connectivity index (χ4n) is 3.87. The Hall–Kier alpha value is -1.86. The lowest BCUT2D eigenvalue weighted by atomic mass is 9.98. The number of piperazine rings is 1. The molecule has 4 heterocycles. The fraction of sp³-hybridized carbons (Fsp3) is 0.647. The molecule has 0 bridgehead atoms. The van der Waals surface area contributed by atoms with Crippen molar-refractivity contribution in [2.24, 2.45) is 13.0 Å². The van der Waals surface area contributed by atoms with Crippen molar-refractivity contribution in [3.8, 4) is 0 Å². The molecule has 2 aromatic heterocycles. The quantitative estimate of drug-likeness (QED) is 0.917. The van der Waals surface area contributed by atoms with Gasteiger partial charge in [0, 0.05) is 70.3 Å². The molecule has 130 valence electrons. The monoisotopic (exact) mass is 330 g/mol. The summed E-state index contributed by atoms with van der Waals surface area (Å²) in [4.78, 5) is 4.93. The van der Waals surface area contributed by atoms with Gasteiger partial charge in [-0.15, -0.1) is 0 Å². The molecule has 2 fully saturated rings. The second-order valence-corrected chi connectivity index (χ2v) is 6.92. The summed E-state index contributed by atoms with van der Waals surface area (Å²) in [6.45, 7) is 8.24. The van der Waals surface area contributed by atoms with Crippen LogP contribution in [0.3, 0.4) is 0 Å². The van der Waals surface area contributed by atoms with Crippen LogP contribution in [-0.4, -0.2) is 64.2 Å². The van der Waals surface area contributed by atoms with E-state index in [9.17, 15) is 0 Å². The summed E-state index contributed by atoms with van der Waals surface area (Å²) >= 11 is 0. The number of nitrogens with one attached hydrogen (secondary N) is 1. The SMILES string of the molecule is Cc1cc(N2CCN(C[C@@H]3CCO[C@H]3c3ccnn3C)CC2)n[nH]1. The summed E-state index contributed by atoms with van der Waals surface area (Å²) in [5.41, 5.74) is 2.32.